The topological polar surface area (TPSA) is 74.7 Å². The minimum absolute atomic E-state index is 0.107. The Kier molecular flexibility index (Phi) is 4.66. The van der Waals surface area contributed by atoms with Crippen LogP contribution in [-0.2, 0) is 0 Å². The zero-order valence-corrected chi connectivity index (χ0v) is 13.6. The maximum absolute atomic E-state index is 12.6. The molecule has 1 saturated heterocycles. The number of pyridine rings is 1. The largest absolute Gasteiger partial charge is 0.491 e. The molecule has 1 aliphatic rings. The SMILES string of the molecule is CNc1cc(C(=O)N2CC[C@@](O)(COc3ccccc3)C2)ccn1. The standard InChI is InChI=1S/C18H21N3O3/c1-19-16-11-14(7-9-20-16)17(22)21-10-8-18(23,12-21)13-24-15-5-3-2-4-6-15/h2-7,9,11,23H,8,10,12-13H2,1H3,(H,19,20)/t18-/m0/s1. The van der Waals surface area contributed by atoms with Crippen LogP contribution in [0.1, 0.15) is 16.8 Å². The van der Waals surface area contributed by atoms with Gasteiger partial charge in [0.15, 0.2) is 0 Å². The molecular weight excluding hydrogens is 306 g/mol. The van der Waals surface area contributed by atoms with Crippen molar-refractivity contribution < 1.29 is 14.6 Å². The first-order valence-corrected chi connectivity index (χ1v) is 7.93. The van der Waals surface area contributed by atoms with E-state index in [9.17, 15) is 9.90 Å². The summed E-state index contributed by atoms with van der Waals surface area (Å²) in [6.07, 6.45) is 2.09. The van der Waals surface area contributed by atoms with Crippen molar-refractivity contribution in [3.8, 4) is 5.75 Å². The van der Waals surface area contributed by atoms with Crippen LogP contribution < -0.4 is 10.1 Å². The Morgan fingerprint density at radius 2 is 2.17 bits per heavy atom. The number of rotatable bonds is 5. The number of carbonyl (C=O) groups is 1. The fourth-order valence-electron chi connectivity index (χ4n) is 2.76. The summed E-state index contributed by atoms with van der Waals surface area (Å²) in [7, 11) is 1.76. The quantitative estimate of drug-likeness (QED) is 0.875. The van der Waals surface area contributed by atoms with Crippen LogP contribution in [0, 0.1) is 0 Å². The van der Waals surface area contributed by atoms with Gasteiger partial charge in [0, 0.05) is 25.4 Å². The number of carbonyl (C=O) groups excluding carboxylic acids is 1. The Labute approximate surface area is 141 Å². The van der Waals surface area contributed by atoms with Gasteiger partial charge in [-0.1, -0.05) is 18.2 Å². The van der Waals surface area contributed by atoms with E-state index in [1.165, 1.54) is 0 Å². The molecule has 1 fully saturated rings. The third-order valence-electron chi connectivity index (χ3n) is 4.13. The van der Waals surface area contributed by atoms with Gasteiger partial charge in [0.2, 0.25) is 0 Å². The van der Waals surface area contributed by atoms with E-state index in [1.807, 2.05) is 30.3 Å². The third kappa shape index (κ3) is 3.65. The highest BCUT2D eigenvalue weighted by atomic mass is 16.5. The number of benzene rings is 1. The van der Waals surface area contributed by atoms with Crippen LogP contribution in [0.3, 0.4) is 0 Å². The molecule has 1 aliphatic heterocycles. The fourth-order valence-corrected chi connectivity index (χ4v) is 2.76. The van der Waals surface area contributed by atoms with Crippen LogP contribution in [0.4, 0.5) is 5.82 Å². The van der Waals surface area contributed by atoms with Crippen LogP contribution in [0.5, 0.6) is 5.75 Å². The number of hydrogen-bond acceptors (Lipinski definition) is 5. The van der Waals surface area contributed by atoms with E-state index in [0.717, 1.165) is 0 Å². The number of nitrogens with one attached hydrogen (secondary N) is 1. The summed E-state index contributed by atoms with van der Waals surface area (Å²) in [6, 6.07) is 12.8. The van der Waals surface area contributed by atoms with Crippen LogP contribution in [0.25, 0.3) is 0 Å². The van der Waals surface area contributed by atoms with E-state index >= 15 is 0 Å². The Morgan fingerprint density at radius 3 is 2.92 bits per heavy atom. The first kappa shape index (κ1) is 16.3. The first-order valence-electron chi connectivity index (χ1n) is 7.93. The molecule has 2 N–H and O–H groups in total. The maximum atomic E-state index is 12.6. The average molecular weight is 327 g/mol. The van der Waals surface area contributed by atoms with Crippen LogP contribution in [0.2, 0.25) is 0 Å². The maximum Gasteiger partial charge on any atom is 0.254 e. The average Bonchev–Trinajstić information content (AvgIpc) is 3.03. The molecule has 0 bridgehead atoms. The van der Waals surface area contributed by atoms with Gasteiger partial charge in [-0.05, 0) is 30.7 Å². The highest BCUT2D eigenvalue weighted by Crippen LogP contribution is 2.24. The number of hydrogen-bond donors (Lipinski definition) is 2. The number of nitrogens with zero attached hydrogens (tertiary/aromatic N) is 2. The van der Waals surface area contributed by atoms with Crippen molar-refractivity contribution in [3.05, 3.63) is 54.2 Å². The fraction of sp³-hybridized carbons (Fsp3) is 0.333. The molecule has 6 nitrogen and oxygen atoms in total. The van der Waals surface area contributed by atoms with Gasteiger partial charge in [-0.3, -0.25) is 4.79 Å². The molecule has 1 aromatic carbocycles. The van der Waals surface area contributed by atoms with Crippen molar-refractivity contribution in [2.75, 3.05) is 32.1 Å². The molecule has 1 atom stereocenters. The first-order chi connectivity index (χ1) is 11.6. The second-order valence-electron chi connectivity index (χ2n) is 5.98. The molecule has 24 heavy (non-hydrogen) atoms. The van der Waals surface area contributed by atoms with Crippen molar-refractivity contribution in [1.29, 1.82) is 0 Å². The number of amides is 1. The minimum atomic E-state index is -1.02. The summed E-state index contributed by atoms with van der Waals surface area (Å²) >= 11 is 0. The molecule has 0 saturated carbocycles. The smallest absolute Gasteiger partial charge is 0.254 e. The van der Waals surface area contributed by atoms with Crippen molar-refractivity contribution in [2.45, 2.75) is 12.0 Å². The predicted octanol–water partition coefficient (Wildman–Crippen LogP) is 1.78. The monoisotopic (exact) mass is 327 g/mol. The summed E-state index contributed by atoms with van der Waals surface area (Å²) < 4.78 is 5.66. The summed E-state index contributed by atoms with van der Waals surface area (Å²) in [5, 5.41) is 13.6. The van der Waals surface area contributed by atoms with Gasteiger partial charge in [0.1, 0.15) is 23.8 Å². The van der Waals surface area contributed by atoms with Gasteiger partial charge in [-0.15, -0.1) is 0 Å². The Balaban J connectivity index is 1.62. The van der Waals surface area contributed by atoms with Gasteiger partial charge in [-0.2, -0.15) is 0 Å². The molecular formula is C18H21N3O3. The van der Waals surface area contributed by atoms with Crippen molar-refractivity contribution in [3.63, 3.8) is 0 Å². The van der Waals surface area contributed by atoms with E-state index in [4.69, 9.17) is 4.74 Å². The van der Waals surface area contributed by atoms with Crippen LogP contribution >= 0.6 is 0 Å². The number of β-amino-alcohol motifs (C(OH)–C–C–N with tert-alkyl or cyclic N) is 1. The molecule has 0 spiro atoms. The predicted molar refractivity (Wildman–Crippen MR) is 91.2 cm³/mol. The van der Waals surface area contributed by atoms with Gasteiger partial charge in [0.25, 0.3) is 5.91 Å². The van der Waals surface area contributed by atoms with Gasteiger partial charge in [-0.25, -0.2) is 4.98 Å². The molecule has 126 valence electrons. The number of para-hydroxylation sites is 1. The normalized spacial score (nSPS) is 20.0. The van der Waals surface area contributed by atoms with Crippen molar-refractivity contribution >= 4 is 11.7 Å². The lowest BCUT2D eigenvalue weighted by Crippen LogP contribution is -2.40. The van der Waals surface area contributed by atoms with Gasteiger partial charge in [0.05, 0.1) is 6.54 Å². The summed E-state index contributed by atoms with van der Waals surface area (Å²) in [5.74, 6) is 1.25. The number of likely N-dealkylation sites (tertiary alicyclic amines) is 1. The molecule has 2 heterocycles. The van der Waals surface area contributed by atoms with Crippen LogP contribution in [0.15, 0.2) is 48.7 Å². The molecule has 0 radical (unpaired) electrons. The molecule has 0 unspecified atom stereocenters. The van der Waals surface area contributed by atoms with E-state index in [0.29, 0.717) is 30.1 Å². The zero-order chi connectivity index (χ0) is 17.0. The lowest BCUT2D eigenvalue weighted by Gasteiger charge is -2.23. The number of aromatic nitrogens is 1. The number of ether oxygens (including phenoxy) is 1. The van der Waals surface area contributed by atoms with E-state index in [1.54, 1.807) is 30.3 Å². The van der Waals surface area contributed by atoms with Crippen LogP contribution in [-0.4, -0.2) is 53.2 Å². The molecule has 0 aliphatic carbocycles. The summed E-state index contributed by atoms with van der Waals surface area (Å²) in [6.45, 7) is 0.930. The third-order valence-corrected chi connectivity index (χ3v) is 4.13. The molecule has 6 heteroatoms. The molecule has 1 amide bonds. The lowest BCUT2D eigenvalue weighted by atomic mass is 10.1. The second kappa shape index (κ2) is 6.88. The Hall–Kier alpha value is -2.60. The van der Waals surface area contributed by atoms with Gasteiger partial charge < -0.3 is 20.1 Å². The number of aliphatic hydroxyl groups is 1. The molecule has 2 aromatic rings. The van der Waals surface area contributed by atoms with E-state index < -0.39 is 5.60 Å². The zero-order valence-electron chi connectivity index (χ0n) is 13.6. The van der Waals surface area contributed by atoms with Crippen molar-refractivity contribution in [2.24, 2.45) is 0 Å². The van der Waals surface area contributed by atoms with Gasteiger partial charge >= 0.3 is 0 Å². The highest BCUT2D eigenvalue weighted by Gasteiger charge is 2.39. The second-order valence-corrected chi connectivity index (χ2v) is 5.98. The summed E-state index contributed by atoms with van der Waals surface area (Å²) in [4.78, 5) is 18.4. The molecule has 1 aromatic heterocycles. The van der Waals surface area contributed by atoms with Crippen molar-refractivity contribution in [1.82, 2.24) is 9.88 Å². The Bertz CT molecular complexity index is 708. The van der Waals surface area contributed by atoms with E-state index in [-0.39, 0.29) is 19.1 Å². The lowest BCUT2D eigenvalue weighted by molar-refractivity contribution is 0.00431. The number of anilines is 1. The minimum Gasteiger partial charge on any atom is -0.491 e. The highest BCUT2D eigenvalue weighted by molar-refractivity contribution is 5.95. The summed E-state index contributed by atoms with van der Waals surface area (Å²) in [5.41, 5.74) is -0.466. The molecule has 3 rings (SSSR count). The van der Waals surface area contributed by atoms with E-state index in [2.05, 4.69) is 10.3 Å². The Morgan fingerprint density at radius 1 is 1.38 bits per heavy atom.